The van der Waals surface area contributed by atoms with E-state index in [1.54, 1.807) is 0 Å². The van der Waals surface area contributed by atoms with E-state index in [9.17, 15) is 4.79 Å². The molecule has 0 aliphatic heterocycles. The fourth-order valence-corrected chi connectivity index (χ4v) is 5.00. The standard InChI is InChI=1S/C17H21BrN4OS2/c1-11-7-8-14(13(18)9-11)20-15(23)10-24-17-22-21-16(25-17)19-12-5-3-2-4-6-12/h7-9,12H,2-6,10H2,1H3,(H,19,21)(H,20,23). The minimum absolute atomic E-state index is 0.0495. The second kappa shape index (κ2) is 9.00. The number of nitrogens with zero attached hydrogens (tertiary/aromatic N) is 2. The molecule has 0 saturated heterocycles. The van der Waals surface area contributed by atoms with Crippen LogP contribution in [0.2, 0.25) is 0 Å². The van der Waals surface area contributed by atoms with Crippen LogP contribution in [-0.2, 0) is 4.79 Å². The fourth-order valence-electron chi connectivity index (χ4n) is 2.78. The van der Waals surface area contributed by atoms with Crippen molar-refractivity contribution in [3.63, 3.8) is 0 Å². The van der Waals surface area contributed by atoms with Crippen molar-refractivity contribution in [2.45, 2.75) is 49.4 Å². The van der Waals surface area contributed by atoms with Crippen LogP contribution in [0.5, 0.6) is 0 Å². The molecule has 8 heteroatoms. The lowest BCUT2D eigenvalue weighted by Crippen LogP contribution is -2.21. The van der Waals surface area contributed by atoms with Crippen molar-refractivity contribution in [3.05, 3.63) is 28.2 Å². The largest absolute Gasteiger partial charge is 0.357 e. The Morgan fingerprint density at radius 3 is 2.88 bits per heavy atom. The van der Waals surface area contributed by atoms with Crippen molar-refractivity contribution in [2.75, 3.05) is 16.4 Å². The Morgan fingerprint density at radius 2 is 2.12 bits per heavy atom. The fraction of sp³-hybridized carbons (Fsp3) is 0.471. The number of anilines is 2. The molecule has 5 nitrogen and oxygen atoms in total. The highest BCUT2D eigenvalue weighted by atomic mass is 79.9. The van der Waals surface area contributed by atoms with Crippen molar-refractivity contribution in [1.82, 2.24) is 10.2 Å². The average molecular weight is 441 g/mol. The van der Waals surface area contributed by atoms with E-state index in [0.717, 1.165) is 25.2 Å². The molecule has 0 atom stereocenters. The van der Waals surface area contributed by atoms with Crippen molar-refractivity contribution in [1.29, 1.82) is 0 Å². The summed E-state index contributed by atoms with van der Waals surface area (Å²) >= 11 is 6.41. The Labute approximate surface area is 164 Å². The van der Waals surface area contributed by atoms with E-state index in [1.807, 2.05) is 25.1 Å². The zero-order chi connectivity index (χ0) is 17.6. The first-order valence-electron chi connectivity index (χ1n) is 8.39. The maximum Gasteiger partial charge on any atom is 0.234 e. The van der Waals surface area contributed by atoms with Crippen LogP contribution in [0, 0.1) is 6.92 Å². The van der Waals surface area contributed by atoms with Crippen LogP contribution in [0.15, 0.2) is 27.0 Å². The quantitative estimate of drug-likeness (QED) is 0.612. The first-order chi connectivity index (χ1) is 12.1. The van der Waals surface area contributed by atoms with Gasteiger partial charge >= 0.3 is 0 Å². The maximum absolute atomic E-state index is 12.1. The van der Waals surface area contributed by atoms with Crippen molar-refractivity contribution in [2.24, 2.45) is 0 Å². The van der Waals surface area contributed by atoms with Crippen molar-refractivity contribution >= 4 is 55.8 Å². The molecule has 0 unspecified atom stereocenters. The SMILES string of the molecule is Cc1ccc(NC(=O)CSc2nnc(NC3CCCCC3)s2)c(Br)c1. The van der Waals surface area contributed by atoms with Gasteiger partial charge in [0.1, 0.15) is 0 Å². The van der Waals surface area contributed by atoms with E-state index in [0.29, 0.717) is 11.8 Å². The predicted molar refractivity (Wildman–Crippen MR) is 109 cm³/mol. The third-order valence-electron chi connectivity index (χ3n) is 4.06. The van der Waals surface area contributed by atoms with Gasteiger partial charge in [0.05, 0.1) is 11.4 Å². The highest BCUT2D eigenvalue weighted by Crippen LogP contribution is 2.29. The third-order valence-corrected chi connectivity index (χ3v) is 6.71. The molecule has 134 valence electrons. The molecular formula is C17H21BrN4OS2. The molecule has 1 saturated carbocycles. The normalized spacial score (nSPS) is 15.1. The molecule has 2 N–H and O–H groups in total. The van der Waals surface area contributed by atoms with E-state index in [-0.39, 0.29) is 5.91 Å². The first kappa shape index (κ1) is 18.7. The molecule has 1 aliphatic rings. The Morgan fingerprint density at radius 1 is 1.32 bits per heavy atom. The number of hydrogen-bond acceptors (Lipinski definition) is 6. The van der Waals surface area contributed by atoms with Gasteiger partial charge in [0.15, 0.2) is 4.34 Å². The van der Waals surface area contributed by atoms with E-state index >= 15 is 0 Å². The first-order valence-corrected chi connectivity index (χ1v) is 11.0. The molecule has 1 heterocycles. The summed E-state index contributed by atoms with van der Waals surface area (Å²) in [6.45, 7) is 2.01. The number of aryl methyl sites for hydroxylation is 1. The average Bonchev–Trinajstić information content (AvgIpc) is 3.04. The summed E-state index contributed by atoms with van der Waals surface area (Å²) in [5.74, 6) is 0.268. The summed E-state index contributed by atoms with van der Waals surface area (Å²) in [5, 5.41) is 15.6. The summed E-state index contributed by atoms with van der Waals surface area (Å²) < 4.78 is 1.71. The van der Waals surface area contributed by atoms with Gasteiger partial charge in [-0.05, 0) is 53.4 Å². The number of hydrogen-bond donors (Lipinski definition) is 2. The Hall–Kier alpha value is -1.12. The molecule has 0 bridgehead atoms. The van der Waals surface area contributed by atoms with Crippen LogP contribution in [0.25, 0.3) is 0 Å². The Bertz CT molecular complexity index is 731. The number of carbonyl (C=O) groups excluding carboxylic acids is 1. The lowest BCUT2D eigenvalue weighted by molar-refractivity contribution is -0.113. The lowest BCUT2D eigenvalue weighted by atomic mass is 9.96. The van der Waals surface area contributed by atoms with Gasteiger partial charge in [-0.25, -0.2) is 0 Å². The van der Waals surface area contributed by atoms with E-state index in [4.69, 9.17) is 0 Å². The molecule has 1 fully saturated rings. The molecule has 3 rings (SSSR count). The highest BCUT2D eigenvalue weighted by Gasteiger charge is 2.15. The third kappa shape index (κ3) is 5.69. The number of halogens is 1. The summed E-state index contributed by atoms with van der Waals surface area (Å²) in [6, 6.07) is 6.37. The Balaban J connectivity index is 1.47. The number of benzene rings is 1. The number of aromatic nitrogens is 2. The monoisotopic (exact) mass is 440 g/mol. The molecule has 2 aromatic rings. The summed E-state index contributed by atoms with van der Waals surface area (Å²) in [5.41, 5.74) is 1.93. The molecule has 0 spiro atoms. The van der Waals surface area contributed by atoms with Gasteiger partial charge in [-0.2, -0.15) is 0 Å². The molecule has 1 amide bonds. The zero-order valence-electron chi connectivity index (χ0n) is 14.0. The minimum Gasteiger partial charge on any atom is -0.357 e. The smallest absolute Gasteiger partial charge is 0.234 e. The molecule has 1 aliphatic carbocycles. The topological polar surface area (TPSA) is 66.9 Å². The van der Waals surface area contributed by atoms with Gasteiger partial charge in [-0.1, -0.05) is 48.4 Å². The van der Waals surface area contributed by atoms with Crippen molar-refractivity contribution < 1.29 is 4.79 Å². The van der Waals surface area contributed by atoms with E-state index < -0.39 is 0 Å². The van der Waals surface area contributed by atoms with Gasteiger partial charge in [-0.3, -0.25) is 4.79 Å². The lowest BCUT2D eigenvalue weighted by Gasteiger charge is -2.21. The zero-order valence-corrected chi connectivity index (χ0v) is 17.3. The van der Waals surface area contributed by atoms with Crippen LogP contribution in [0.3, 0.4) is 0 Å². The van der Waals surface area contributed by atoms with Crippen LogP contribution in [0.1, 0.15) is 37.7 Å². The van der Waals surface area contributed by atoms with Gasteiger partial charge < -0.3 is 10.6 Å². The molecule has 1 aromatic heterocycles. The van der Waals surface area contributed by atoms with Crippen molar-refractivity contribution in [3.8, 4) is 0 Å². The number of amides is 1. The predicted octanol–water partition coefficient (Wildman–Crippen LogP) is 5.08. The molecule has 1 aromatic carbocycles. The summed E-state index contributed by atoms with van der Waals surface area (Å²) in [7, 11) is 0. The Kier molecular flexibility index (Phi) is 6.72. The maximum atomic E-state index is 12.1. The number of carbonyl (C=O) groups is 1. The van der Waals surface area contributed by atoms with Crippen LogP contribution < -0.4 is 10.6 Å². The second-order valence-electron chi connectivity index (χ2n) is 6.17. The summed E-state index contributed by atoms with van der Waals surface area (Å²) in [6.07, 6.45) is 6.31. The number of thioether (sulfide) groups is 1. The summed E-state index contributed by atoms with van der Waals surface area (Å²) in [4.78, 5) is 12.1. The van der Waals surface area contributed by atoms with Gasteiger partial charge in [0.2, 0.25) is 11.0 Å². The van der Waals surface area contributed by atoms with Crippen LogP contribution in [-0.4, -0.2) is 27.9 Å². The number of nitrogens with one attached hydrogen (secondary N) is 2. The minimum atomic E-state index is -0.0495. The van der Waals surface area contributed by atoms with Crippen LogP contribution in [0.4, 0.5) is 10.8 Å². The molecular weight excluding hydrogens is 420 g/mol. The van der Waals surface area contributed by atoms with Crippen LogP contribution >= 0.6 is 39.0 Å². The van der Waals surface area contributed by atoms with Gasteiger partial charge in [0, 0.05) is 10.5 Å². The number of rotatable bonds is 6. The highest BCUT2D eigenvalue weighted by molar-refractivity contribution is 9.10. The molecule has 0 radical (unpaired) electrons. The van der Waals surface area contributed by atoms with E-state index in [1.165, 1.54) is 55.2 Å². The van der Waals surface area contributed by atoms with Gasteiger partial charge in [0.25, 0.3) is 0 Å². The molecule has 25 heavy (non-hydrogen) atoms. The van der Waals surface area contributed by atoms with E-state index in [2.05, 4.69) is 36.8 Å². The second-order valence-corrected chi connectivity index (χ2v) is 9.23. The van der Waals surface area contributed by atoms with Gasteiger partial charge in [-0.15, -0.1) is 10.2 Å².